The van der Waals surface area contributed by atoms with E-state index in [0.717, 1.165) is 66.7 Å². The first kappa shape index (κ1) is 39.1. The molecule has 298 valence electrons. The highest BCUT2D eigenvalue weighted by atomic mass is 79.9. The second kappa shape index (κ2) is 17.8. The van der Waals surface area contributed by atoms with Crippen LogP contribution in [0.3, 0.4) is 0 Å². The minimum Gasteiger partial charge on any atom is -0.507 e. The number of para-hydroxylation sites is 1. The number of rotatable bonds is 7. The molecule has 9 aromatic rings. The summed E-state index contributed by atoms with van der Waals surface area (Å²) in [5.41, 5.74) is 13.0. The number of nitrogens with one attached hydrogen (secondary N) is 3. The van der Waals surface area contributed by atoms with Crippen LogP contribution in [-0.4, -0.2) is 67.5 Å². The zero-order valence-electron chi connectivity index (χ0n) is 33.3. The summed E-state index contributed by atoms with van der Waals surface area (Å²) in [6.45, 7) is 2.36. The number of phenols is 1. The molecule has 0 spiro atoms. The van der Waals surface area contributed by atoms with Crippen molar-refractivity contribution in [3.63, 3.8) is 0 Å². The zero-order chi connectivity index (χ0) is 40.7. The average Bonchev–Trinajstić information content (AvgIpc) is 4.04. The van der Waals surface area contributed by atoms with E-state index < -0.39 is 0 Å². The van der Waals surface area contributed by atoms with Gasteiger partial charge < -0.3 is 39.2 Å². The Labute approximate surface area is 352 Å². The predicted octanol–water partition coefficient (Wildman–Crippen LogP) is 10.6. The second-order valence-corrected chi connectivity index (χ2v) is 15.2. The maximum absolute atomic E-state index is 9.83. The minimum atomic E-state index is 0.245. The number of aromatic nitrogens is 6. The van der Waals surface area contributed by atoms with Crippen LogP contribution in [0.25, 0.3) is 50.7 Å². The fraction of sp³-hybridized carbons (Fsp3) is 0.170. The molecule has 0 amide bonds. The molecule has 10 rings (SSSR count). The molecular formula is C47H47BrN10O. The van der Waals surface area contributed by atoms with Crippen LogP contribution >= 0.6 is 15.9 Å². The highest BCUT2D eigenvalue weighted by molar-refractivity contribution is 9.10. The lowest BCUT2D eigenvalue weighted by atomic mass is 10.1. The van der Waals surface area contributed by atoms with Crippen molar-refractivity contribution in [2.24, 2.45) is 0 Å². The number of pyridine rings is 3. The Kier molecular flexibility index (Phi) is 11.8. The quantitative estimate of drug-likeness (QED) is 0.126. The Morgan fingerprint density at radius 1 is 0.525 bits per heavy atom. The van der Waals surface area contributed by atoms with Crippen molar-refractivity contribution >= 4 is 55.6 Å². The van der Waals surface area contributed by atoms with Gasteiger partial charge in [-0.15, -0.1) is 0 Å². The van der Waals surface area contributed by atoms with Crippen LogP contribution in [0.5, 0.6) is 5.75 Å². The predicted molar refractivity (Wildman–Crippen MR) is 246 cm³/mol. The molecule has 0 unspecified atom stereocenters. The van der Waals surface area contributed by atoms with Gasteiger partial charge in [0, 0.05) is 134 Å². The molecule has 11 nitrogen and oxygen atoms in total. The second-order valence-electron chi connectivity index (χ2n) is 14.3. The number of piperidine rings is 1. The van der Waals surface area contributed by atoms with Crippen molar-refractivity contribution < 1.29 is 5.11 Å². The number of hydrogen-bond acceptors (Lipinski definition) is 8. The van der Waals surface area contributed by atoms with Gasteiger partial charge in [0.2, 0.25) is 0 Å². The van der Waals surface area contributed by atoms with E-state index in [0.29, 0.717) is 0 Å². The van der Waals surface area contributed by atoms with E-state index in [-0.39, 0.29) is 5.75 Å². The molecule has 59 heavy (non-hydrogen) atoms. The molecule has 0 radical (unpaired) electrons. The van der Waals surface area contributed by atoms with Crippen LogP contribution in [0, 0.1) is 0 Å². The van der Waals surface area contributed by atoms with Gasteiger partial charge >= 0.3 is 0 Å². The molecule has 0 aliphatic carbocycles. The number of nitrogens with zero attached hydrogens (tertiary/aromatic N) is 7. The standard InChI is InChI=1S/C19H22N4.C14H12BrN3.C14H13N3O/c1-20-16-9-12-23-14-18(21-19(23)13-16)15-5-7-17(8-6-15)22-10-3-2-4-11-22;1-16-12-6-7-18-9-13(17-14(18)8-12)10-2-4-11(15)5-3-10;1-15-10-6-7-17-9-12(16-14(17)8-10)11-4-2-3-5-13(11)18/h5-9,12-14,20H,2-4,10-11H2,1H3;2-9,16H,1H3;2-9,15,18H,1H3. The molecular weight excluding hydrogens is 800 g/mol. The van der Waals surface area contributed by atoms with E-state index in [2.05, 4.69) is 106 Å². The summed E-state index contributed by atoms with van der Waals surface area (Å²) in [6, 6.07) is 36.3. The van der Waals surface area contributed by atoms with Crippen molar-refractivity contribution in [1.29, 1.82) is 0 Å². The Morgan fingerprint density at radius 2 is 0.966 bits per heavy atom. The van der Waals surface area contributed by atoms with Crippen molar-refractivity contribution in [2.45, 2.75) is 19.3 Å². The minimum absolute atomic E-state index is 0.245. The van der Waals surface area contributed by atoms with Crippen LogP contribution in [0.1, 0.15) is 19.3 Å². The van der Waals surface area contributed by atoms with Crippen LogP contribution < -0.4 is 20.9 Å². The van der Waals surface area contributed by atoms with Gasteiger partial charge in [-0.05, 0) is 73.9 Å². The van der Waals surface area contributed by atoms with Gasteiger partial charge in [-0.1, -0.05) is 52.3 Å². The number of hydrogen-bond donors (Lipinski definition) is 4. The van der Waals surface area contributed by atoms with Crippen molar-refractivity contribution in [2.75, 3.05) is 55.1 Å². The Bertz CT molecular complexity index is 2800. The third-order valence-electron chi connectivity index (χ3n) is 10.5. The largest absolute Gasteiger partial charge is 0.507 e. The number of halogens is 1. The highest BCUT2D eigenvalue weighted by Crippen LogP contribution is 2.29. The van der Waals surface area contributed by atoms with Gasteiger partial charge in [-0.3, -0.25) is 0 Å². The molecule has 1 aliphatic rings. The van der Waals surface area contributed by atoms with E-state index in [1.54, 1.807) is 12.1 Å². The lowest BCUT2D eigenvalue weighted by molar-refractivity contribution is 0.477. The van der Waals surface area contributed by atoms with E-state index in [9.17, 15) is 5.11 Å². The number of benzene rings is 3. The number of aromatic hydroxyl groups is 1. The number of fused-ring (bicyclic) bond motifs is 3. The van der Waals surface area contributed by atoms with E-state index in [1.165, 1.54) is 43.6 Å². The molecule has 0 bridgehead atoms. The molecule has 12 heteroatoms. The van der Waals surface area contributed by atoms with E-state index in [1.807, 2.05) is 109 Å². The summed E-state index contributed by atoms with van der Waals surface area (Å²) in [7, 11) is 5.71. The number of anilines is 4. The fourth-order valence-corrected chi connectivity index (χ4v) is 7.39. The summed E-state index contributed by atoms with van der Waals surface area (Å²) in [5.74, 6) is 0.245. The maximum Gasteiger partial charge on any atom is 0.139 e. The molecule has 0 saturated carbocycles. The molecule has 1 aliphatic heterocycles. The summed E-state index contributed by atoms with van der Waals surface area (Å²) < 4.78 is 7.10. The number of phenolic OH excluding ortho intramolecular Hbond substituents is 1. The van der Waals surface area contributed by atoms with Crippen LogP contribution in [0.15, 0.2) is 151 Å². The monoisotopic (exact) mass is 846 g/mol. The average molecular weight is 848 g/mol. The van der Waals surface area contributed by atoms with Crippen molar-refractivity contribution in [1.82, 2.24) is 28.2 Å². The SMILES string of the molecule is CNc1ccn2cc(-c3ccc(Br)cc3)nc2c1.CNc1ccn2cc(-c3ccc(N4CCCCC4)cc3)nc2c1.CNc1ccn2cc(-c3ccccc3O)nc2c1. The van der Waals surface area contributed by atoms with Crippen LogP contribution in [0.4, 0.5) is 22.7 Å². The fourth-order valence-electron chi connectivity index (χ4n) is 7.13. The van der Waals surface area contributed by atoms with Gasteiger partial charge in [-0.25, -0.2) is 15.0 Å². The third-order valence-corrected chi connectivity index (χ3v) is 11.0. The number of imidazole rings is 3. The molecule has 1 fully saturated rings. The highest BCUT2D eigenvalue weighted by Gasteiger charge is 2.12. The van der Waals surface area contributed by atoms with Crippen LogP contribution in [-0.2, 0) is 0 Å². The summed E-state index contributed by atoms with van der Waals surface area (Å²) in [4.78, 5) is 16.4. The lowest BCUT2D eigenvalue weighted by Crippen LogP contribution is -2.29. The Morgan fingerprint density at radius 3 is 1.44 bits per heavy atom. The van der Waals surface area contributed by atoms with Gasteiger partial charge in [0.25, 0.3) is 0 Å². The molecule has 6 aromatic heterocycles. The molecule has 7 heterocycles. The molecule has 1 saturated heterocycles. The Balaban J connectivity index is 0.000000125. The van der Waals surface area contributed by atoms with E-state index in [4.69, 9.17) is 4.98 Å². The molecule has 0 atom stereocenters. The molecule has 4 N–H and O–H groups in total. The Hall–Kier alpha value is -6.79. The summed E-state index contributed by atoms with van der Waals surface area (Å²) in [6.07, 6.45) is 16.0. The van der Waals surface area contributed by atoms with Gasteiger partial charge in [-0.2, -0.15) is 0 Å². The zero-order valence-corrected chi connectivity index (χ0v) is 34.9. The van der Waals surface area contributed by atoms with Crippen molar-refractivity contribution in [3.05, 3.63) is 151 Å². The van der Waals surface area contributed by atoms with Crippen LogP contribution in [0.2, 0.25) is 0 Å². The first-order chi connectivity index (χ1) is 28.9. The van der Waals surface area contributed by atoms with E-state index >= 15 is 0 Å². The lowest BCUT2D eigenvalue weighted by Gasteiger charge is -2.28. The summed E-state index contributed by atoms with van der Waals surface area (Å²) in [5, 5.41) is 19.2. The molecule has 3 aromatic carbocycles. The van der Waals surface area contributed by atoms with Gasteiger partial charge in [0.15, 0.2) is 0 Å². The summed E-state index contributed by atoms with van der Waals surface area (Å²) >= 11 is 3.44. The smallest absolute Gasteiger partial charge is 0.139 e. The topological polar surface area (TPSA) is 111 Å². The third kappa shape index (κ3) is 9.03. The maximum atomic E-state index is 9.83. The normalized spacial score (nSPS) is 12.4. The van der Waals surface area contributed by atoms with Gasteiger partial charge in [0.05, 0.1) is 17.1 Å². The first-order valence-corrected chi connectivity index (χ1v) is 20.6. The van der Waals surface area contributed by atoms with Gasteiger partial charge in [0.1, 0.15) is 22.7 Å². The van der Waals surface area contributed by atoms with Crippen molar-refractivity contribution in [3.8, 4) is 39.5 Å². The first-order valence-electron chi connectivity index (χ1n) is 19.8.